The third kappa shape index (κ3) is 2.50. The Labute approximate surface area is 84.5 Å². The average molecular weight is 194 g/mol. The summed E-state index contributed by atoms with van der Waals surface area (Å²) < 4.78 is 5.02. The number of methoxy groups -OCH3 is 1. The molecule has 0 amide bonds. The number of hydrogen-bond donors (Lipinski definition) is 2. The van der Waals surface area contributed by atoms with Crippen molar-refractivity contribution in [3.63, 3.8) is 0 Å². The van der Waals surface area contributed by atoms with E-state index in [1.807, 2.05) is 6.07 Å². The molecule has 1 aromatic rings. The van der Waals surface area contributed by atoms with Crippen LogP contribution < -0.4 is 10.2 Å². The Morgan fingerprint density at radius 1 is 1.36 bits per heavy atom. The summed E-state index contributed by atoms with van der Waals surface area (Å²) >= 11 is 0. The molecule has 0 saturated carbocycles. The van der Waals surface area contributed by atoms with E-state index in [1.165, 1.54) is 7.11 Å². The van der Waals surface area contributed by atoms with Gasteiger partial charge in [-0.25, -0.2) is 0 Å². The topological polar surface area (TPSA) is 49.7 Å². The van der Waals surface area contributed by atoms with Gasteiger partial charge in [0.15, 0.2) is 0 Å². The zero-order chi connectivity index (χ0) is 10.6. The number of benzene rings is 1. The Kier molecular flexibility index (Phi) is 3.98. The SMILES string of the molecule is CCCc1ccc(OC)c(B(O)O)c1. The van der Waals surface area contributed by atoms with Crippen molar-refractivity contribution in [2.75, 3.05) is 7.11 Å². The molecule has 2 N–H and O–H groups in total. The third-order valence-corrected chi connectivity index (χ3v) is 2.11. The number of aryl methyl sites for hydroxylation is 1. The molecule has 0 aliphatic heterocycles. The largest absolute Gasteiger partial charge is 0.497 e. The van der Waals surface area contributed by atoms with Crippen LogP contribution >= 0.6 is 0 Å². The molecule has 14 heavy (non-hydrogen) atoms. The maximum absolute atomic E-state index is 9.10. The maximum Gasteiger partial charge on any atom is 0.492 e. The fraction of sp³-hybridized carbons (Fsp3) is 0.400. The highest BCUT2D eigenvalue weighted by Gasteiger charge is 2.16. The van der Waals surface area contributed by atoms with Crippen LogP contribution in [0.25, 0.3) is 0 Å². The normalized spacial score (nSPS) is 10.0. The van der Waals surface area contributed by atoms with E-state index in [-0.39, 0.29) is 0 Å². The van der Waals surface area contributed by atoms with Crippen LogP contribution in [0.15, 0.2) is 18.2 Å². The van der Waals surface area contributed by atoms with Crippen LogP contribution in [0.2, 0.25) is 0 Å². The van der Waals surface area contributed by atoms with Crippen LogP contribution in [-0.2, 0) is 6.42 Å². The molecule has 0 radical (unpaired) electrons. The van der Waals surface area contributed by atoms with E-state index in [4.69, 9.17) is 14.8 Å². The van der Waals surface area contributed by atoms with Gasteiger partial charge in [0.25, 0.3) is 0 Å². The van der Waals surface area contributed by atoms with Gasteiger partial charge in [-0.2, -0.15) is 0 Å². The molecule has 0 aromatic heterocycles. The van der Waals surface area contributed by atoms with Crippen LogP contribution in [-0.4, -0.2) is 24.3 Å². The van der Waals surface area contributed by atoms with Crippen LogP contribution in [0.1, 0.15) is 18.9 Å². The maximum atomic E-state index is 9.10. The van der Waals surface area contributed by atoms with Gasteiger partial charge in [-0.1, -0.05) is 25.5 Å². The highest BCUT2D eigenvalue weighted by Crippen LogP contribution is 2.11. The summed E-state index contributed by atoms with van der Waals surface area (Å²) in [5, 5.41) is 18.2. The molecule has 0 saturated heterocycles. The van der Waals surface area contributed by atoms with Gasteiger partial charge >= 0.3 is 7.12 Å². The minimum Gasteiger partial charge on any atom is -0.497 e. The van der Waals surface area contributed by atoms with E-state index in [0.717, 1.165) is 18.4 Å². The Balaban J connectivity index is 3.01. The summed E-state index contributed by atoms with van der Waals surface area (Å²) in [6.07, 6.45) is 1.97. The van der Waals surface area contributed by atoms with E-state index < -0.39 is 7.12 Å². The molecular formula is C10H15BO3. The predicted molar refractivity (Wildman–Crippen MR) is 56.8 cm³/mol. The summed E-state index contributed by atoms with van der Waals surface area (Å²) in [6, 6.07) is 5.47. The molecule has 0 aliphatic carbocycles. The number of hydrogen-bond acceptors (Lipinski definition) is 3. The van der Waals surface area contributed by atoms with Gasteiger partial charge in [0, 0.05) is 5.46 Å². The van der Waals surface area contributed by atoms with Crippen molar-refractivity contribution in [3.8, 4) is 5.75 Å². The molecule has 0 unspecified atom stereocenters. The summed E-state index contributed by atoms with van der Waals surface area (Å²) in [5.74, 6) is 0.514. The van der Waals surface area contributed by atoms with E-state index in [2.05, 4.69) is 6.92 Å². The minimum absolute atomic E-state index is 0.429. The monoisotopic (exact) mass is 194 g/mol. The second kappa shape index (κ2) is 5.03. The molecule has 1 rings (SSSR count). The highest BCUT2D eigenvalue weighted by molar-refractivity contribution is 6.59. The Morgan fingerprint density at radius 2 is 2.07 bits per heavy atom. The fourth-order valence-electron chi connectivity index (χ4n) is 1.43. The van der Waals surface area contributed by atoms with Crippen LogP contribution in [0, 0.1) is 0 Å². The van der Waals surface area contributed by atoms with Crippen molar-refractivity contribution < 1.29 is 14.8 Å². The zero-order valence-electron chi connectivity index (χ0n) is 8.53. The van der Waals surface area contributed by atoms with E-state index >= 15 is 0 Å². The molecule has 0 aliphatic rings. The molecule has 0 bridgehead atoms. The van der Waals surface area contributed by atoms with Crippen molar-refractivity contribution in [2.45, 2.75) is 19.8 Å². The lowest BCUT2D eigenvalue weighted by molar-refractivity contribution is 0.403. The molecular weight excluding hydrogens is 179 g/mol. The molecule has 76 valence electrons. The van der Waals surface area contributed by atoms with E-state index in [9.17, 15) is 0 Å². The molecule has 0 spiro atoms. The van der Waals surface area contributed by atoms with Crippen molar-refractivity contribution in [3.05, 3.63) is 23.8 Å². The smallest absolute Gasteiger partial charge is 0.492 e. The van der Waals surface area contributed by atoms with Gasteiger partial charge in [-0.05, 0) is 18.1 Å². The first-order valence-electron chi connectivity index (χ1n) is 4.72. The second-order valence-electron chi connectivity index (χ2n) is 3.20. The lowest BCUT2D eigenvalue weighted by Crippen LogP contribution is -2.31. The first kappa shape index (κ1) is 11.1. The van der Waals surface area contributed by atoms with Crippen LogP contribution in [0.5, 0.6) is 5.75 Å². The summed E-state index contributed by atoms with van der Waals surface area (Å²) in [4.78, 5) is 0. The quantitative estimate of drug-likeness (QED) is 0.679. The van der Waals surface area contributed by atoms with Crippen LogP contribution in [0.4, 0.5) is 0 Å². The highest BCUT2D eigenvalue weighted by atomic mass is 16.5. The Bertz CT molecular complexity index is 299. The summed E-state index contributed by atoms with van der Waals surface area (Å²) in [5.41, 5.74) is 1.52. The van der Waals surface area contributed by atoms with Crippen molar-refractivity contribution >= 4 is 12.6 Å². The van der Waals surface area contributed by atoms with Gasteiger partial charge in [0.2, 0.25) is 0 Å². The van der Waals surface area contributed by atoms with E-state index in [0.29, 0.717) is 11.2 Å². The van der Waals surface area contributed by atoms with E-state index in [1.54, 1.807) is 12.1 Å². The van der Waals surface area contributed by atoms with Gasteiger partial charge in [0.05, 0.1) is 7.11 Å². The number of ether oxygens (including phenoxy) is 1. The van der Waals surface area contributed by atoms with Crippen molar-refractivity contribution in [1.29, 1.82) is 0 Å². The lowest BCUT2D eigenvalue weighted by Gasteiger charge is -2.09. The van der Waals surface area contributed by atoms with Gasteiger partial charge in [0.1, 0.15) is 5.75 Å². The van der Waals surface area contributed by atoms with Gasteiger partial charge < -0.3 is 14.8 Å². The average Bonchev–Trinajstić information content (AvgIpc) is 2.18. The Hall–Kier alpha value is -0.995. The molecule has 3 nitrogen and oxygen atoms in total. The lowest BCUT2D eigenvalue weighted by atomic mass is 9.78. The first-order valence-corrected chi connectivity index (χ1v) is 4.72. The van der Waals surface area contributed by atoms with Crippen molar-refractivity contribution in [1.82, 2.24) is 0 Å². The first-order chi connectivity index (χ1) is 6.69. The summed E-state index contributed by atoms with van der Waals surface area (Å²) in [7, 11) is 0.0440. The fourth-order valence-corrected chi connectivity index (χ4v) is 1.43. The van der Waals surface area contributed by atoms with Crippen molar-refractivity contribution in [2.24, 2.45) is 0 Å². The zero-order valence-corrected chi connectivity index (χ0v) is 8.53. The molecule has 0 atom stereocenters. The van der Waals surface area contributed by atoms with Gasteiger partial charge in [-0.15, -0.1) is 0 Å². The predicted octanol–water partition coefficient (Wildman–Crippen LogP) is 0.327. The second-order valence-corrected chi connectivity index (χ2v) is 3.20. The van der Waals surface area contributed by atoms with Gasteiger partial charge in [-0.3, -0.25) is 0 Å². The van der Waals surface area contributed by atoms with Crippen LogP contribution in [0.3, 0.4) is 0 Å². The summed E-state index contributed by atoms with van der Waals surface area (Å²) in [6.45, 7) is 2.08. The number of rotatable bonds is 4. The third-order valence-electron chi connectivity index (χ3n) is 2.11. The molecule has 1 aromatic carbocycles. The molecule has 4 heteroatoms. The molecule has 0 fully saturated rings. The minimum atomic E-state index is -1.47. The Morgan fingerprint density at radius 3 is 2.57 bits per heavy atom. The molecule has 0 heterocycles. The standard InChI is InChI=1S/C10H15BO3/c1-3-4-8-5-6-10(14-2)9(7-8)11(12)13/h5-7,12-13H,3-4H2,1-2H3.